The molecular formula is C18H18BrClO. The van der Waals surface area contributed by atoms with Crippen molar-refractivity contribution in [1.82, 2.24) is 0 Å². The van der Waals surface area contributed by atoms with Gasteiger partial charge in [0.15, 0.2) is 0 Å². The molecule has 0 aliphatic rings. The lowest BCUT2D eigenvalue weighted by molar-refractivity contribution is 0.309. The summed E-state index contributed by atoms with van der Waals surface area (Å²) in [5, 5.41) is 1.77. The number of rotatable bonds is 7. The molecule has 0 atom stereocenters. The first-order valence-corrected chi connectivity index (χ1v) is 8.51. The fourth-order valence-electron chi connectivity index (χ4n) is 1.92. The summed E-state index contributed by atoms with van der Waals surface area (Å²) in [5.74, 6) is 0.912. The summed E-state index contributed by atoms with van der Waals surface area (Å²) in [4.78, 5) is 0. The second kappa shape index (κ2) is 8.91. The predicted molar refractivity (Wildman–Crippen MR) is 95.3 cm³/mol. The Labute approximate surface area is 139 Å². The first-order chi connectivity index (χ1) is 10.3. The zero-order valence-corrected chi connectivity index (χ0v) is 14.1. The van der Waals surface area contributed by atoms with Crippen LogP contribution in [-0.4, -0.2) is 11.9 Å². The smallest absolute Gasteiger partial charge is 0.126 e. The Hall–Kier alpha value is -1.25. The van der Waals surface area contributed by atoms with Crippen molar-refractivity contribution in [1.29, 1.82) is 0 Å². The van der Waals surface area contributed by atoms with Crippen LogP contribution in [0.4, 0.5) is 0 Å². The van der Waals surface area contributed by atoms with E-state index in [1.807, 2.05) is 60.7 Å². The Morgan fingerprint density at radius 2 is 1.57 bits per heavy atom. The van der Waals surface area contributed by atoms with E-state index >= 15 is 0 Å². The van der Waals surface area contributed by atoms with Crippen LogP contribution in [0.1, 0.15) is 24.0 Å². The van der Waals surface area contributed by atoms with Gasteiger partial charge < -0.3 is 4.74 Å². The van der Waals surface area contributed by atoms with E-state index in [2.05, 4.69) is 15.9 Å². The fourth-order valence-corrected chi connectivity index (χ4v) is 2.51. The normalized spacial score (nSPS) is 11.0. The van der Waals surface area contributed by atoms with Gasteiger partial charge >= 0.3 is 0 Å². The molecule has 0 saturated carbocycles. The van der Waals surface area contributed by atoms with Crippen LogP contribution in [0.2, 0.25) is 5.02 Å². The molecule has 0 fully saturated rings. The third kappa shape index (κ3) is 5.22. The van der Waals surface area contributed by atoms with Crippen LogP contribution in [0.5, 0.6) is 5.75 Å². The number of para-hydroxylation sites is 1. The van der Waals surface area contributed by atoms with E-state index < -0.39 is 0 Å². The van der Waals surface area contributed by atoms with Crippen LogP contribution in [-0.2, 0) is 0 Å². The minimum absolute atomic E-state index is 0.739. The Bertz CT molecular complexity index is 595. The molecule has 21 heavy (non-hydrogen) atoms. The van der Waals surface area contributed by atoms with Gasteiger partial charge in [0.05, 0.1) is 6.61 Å². The van der Waals surface area contributed by atoms with Crippen molar-refractivity contribution in [3.63, 3.8) is 0 Å². The lowest BCUT2D eigenvalue weighted by atomic mass is 10.1. The molecule has 0 amide bonds. The minimum Gasteiger partial charge on any atom is -0.493 e. The van der Waals surface area contributed by atoms with Crippen LogP contribution in [0.25, 0.3) is 12.2 Å². The van der Waals surface area contributed by atoms with Crippen LogP contribution >= 0.6 is 27.5 Å². The molecule has 0 aliphatic heterocycles. The third-order valence-electron chi connectivity index (χ3n) is 3.05. The topological polar surface area (TPSA) is 9.23 Å². The average Bonchev–Trinajstić information content (AvgIpc) is 2.52. The average molecular weight is 366 g/mol. The Kier molecular flexibility index (Phi) is 6.84. The molecule has 0 bridgehead atoms. The minimum atomic E-state index is 0.739. The summed E-state index contributed by atoms with van der Waals surface area (Å²) in [5.41, 5.74) is 2.07. The van der Waals surface area contributed by atoms with Crippen LogP contribution in [0, 0.1) is 0 Å². The van der Waals surface area contributed by atoms with Crippen molar-refractivity contribution in [2.45, 2.75) is 12.8 Å². The van der Waals surface area contributed by atoms with E-state index in [0.29, 0.717) is 0 Å². The van der Waals surface area contributed by atoms with E-state index in [0.717, 1.165) is 46.7 Å². The maximum absolute atomic E-state index is 6.16. The maximum Gasteiger partial charge on any atom is 0.126 e. The summed E-state index contributed by atoms with van der Waals surface area (Å²) in [6.07, 6.45) is 6.23. The molecule has 2 rings (SSSR count). The standard InChI is InChI=1S/C18H18BrClO/c19-13-5-6-14-21-18-10-4-2-8-16(18)12-11-15-7-1-3-9-17(15)20/h1-4,7-12H,5-6,13-14H2/b12-11+. The van der Waals surface area contributed by atoms with Crippen LogP contribution in [0.3, 0.4) is 0 Å². The first kappa shape index (κ1) is 16.1. The fraction of sp³-hybridized carbons (Fsp3) is 0.222. The lowest BCUT2D eigenvalue weighted by Crippen LogP contribution is -1.98. The number of unbranched alkanes of at least 4 members (excludes halogenated alkanes) is 1. The molecule has 0 saturated heterocycles. The molecule has 0 aromatic heterocycles. The van der Waals surface area contributed by atoms with Crippen molar-refractivity contribution < 1.29 is 4.74 Å². The van der Waals surface area contributed by atoms with Crippen LogP contribution in [0.15, 0.2) is 48.5 Å². The second-order valence-electron chi connectivity index (χ2n) is 4.64. The monoisotopic (exact) mass is 364 g/mol. The Balaban J connectivity index is 2.07. The van der Waals surface area contributed by atoms with Crippen molar-refractivity contribution >= 4 is 39.7 Å². The van der Waals surface area contributed by atoms with Crippen molar-refractivity contribution in [3.8, 4) is 5.75 Å². The third-order valence-corrected chi connectivity index (χ3v) is 3.96. The van der Waals surface area contributed by atoms with Crippen molar-refractivity contribution in [3.05, 3.63) is 64.7 Å². The Morgan fingerprint density at radius 1 is 0.905 bits per heavy atom. The largest absolute Gasteiger partial charge is 0.493 e. The number of alkyl halides is 1. The number of hydrogen-bond acceptors (Lipinski definition) is 1. The molecule has 0 N–H and O–H groups in total. The summed E-state index contributed by atoms with van der Waals surface area (Å²) in [6.45, 7) is 0.739. The van der Waals surface area contributed by atoms with E-state index in [4.69, 9.17) is 16.3 Å². The van der Waals surface area contributed by atoms with Gasteiger partial charge in [-0.3, -0.25) is 0 Å². The van der Waals surface area contributed by atoms with E-state index in [9.17, 15) is 0 Å². The summed E-state index contributed by atoms with van der Waals surface area (Å²) in [7, 11) is 0. The molecule has 0 radical (unpaired) electrons. The predicted octanol–water partition coefficient (Wildman–Crippen LogP) is 6.06. The number of halogens is 2. The molecule has 0 aliphatic carbocycles. The van der Waals surface area contributed by atoms with Gasteiger partial charge in [0.2, 0.25) is 0 Å². The number of ether oxygens (including phenoxy) is 1. The SMILES string of the molecule is Clc1ccccc1/C=C/c1ccccc1OCCCCBr. The van der Waals surface area contributed by atoms with Gasteiger partial charge in [0.1, 0.15) is 5.75 Å². The van der Waals surface area contributed by atoms with Crippen LogP contribution < -0.4 is 4.74 Å². The van der Waals surface area contributed by atoms with Gasteiger partial charge in [-0.15, -0.1) is 0 Å². The van der Waals surface area contributed by atoms with E-state index in [1.165, 1.54) is 0 Å². The van der Waals surface area contributed by atoms with Gasteiger partial charge in [0, 0.05) is 15.9 Å². The highest BCUT2D eigenvalue weighted by Gasteiger charge is 2.00. The molecule has 2 aromatic carbocycles. The highest BCUT2D eigenvalue weighted by molar-refractivity contribution is 9.09. The molecule has 110 valence electrons. The Morgan fingerprint density at radius 3 is 2.33 bits per heavy atom. The highest BCUT2D eigenvalue weighted by atomic mass is 79.9. The summed E-state index contributed by atoms with van der Waals surface area (Å²) >= 11 is 9.59. The van der Waals surface area contributed by atoms with E-state index in [1.54, 1.807) is 0 Å². The second-order valence-corrected chi connectivity index (χ2v) is 5.84. The molecule has 0 unspecified atom stereocenters. The molecule has 3 heteroatoms. The highest BCUT2D eigenvalue weighted by Crippen LogP contribution is 2.23. The summed E-state index contributed by atoms with van der Waals surface area (Å²) in [6, 6.07) is 15.9. The number of benzene rings is 2. The van der Waals surface area contributed by atoms with Gasteiger partial charge in [0.25, 0.3) is 0 Å². The van der Waals surface area contributed by atoms with Gasteiger partial charge in [-0.05, 0) is 30.5 Å². The number of hydrogen-bond donors (Lipinski definition) is 0. The molecular weight excluding hydrogens is 348 g/mol. The molecule has 2 aromatic rings. The quantitative estimate of drug-likeness (QED) is 0.329. The zero-order chi connectivity index (χ0) is 14.9. The van der Waals surface area contributed by atoms with Gasteiger partial charge in [-0.2, -0.15) is 0 Å². The first-order valence-electron chi connectivity index (χ1n) is 7.01. The van der Waals surface area contributed by atoms with Gasteiger partial charge in [-0.25, -0.2) is 0 Å². The molecule has 0 heterocycles. The summed E-state index contributed by atoms with van der Waals surface area (Å²) < 4.78 is 5.85. The van der Waals surface area contributed by atoms with Crippen molar-refractivity contribution in [2.24, 2.45) is 0 Å². The maximum atomic E-state index is 6.16. The lowest BCUT2D eigenvalue weighted by Gasteiger charge is -2.08. The molecule has 1 nitrogen and oxygen atoms in total. The van der Waals surface area contributed by atoms with Crippen molar-refractivity contribution in [2.75, 3.05) is 11.9 Å². The van der Waals surface area contributed by atoms with Gasteiger partial charge in [-0.1, -0.05) is 76.1 Å². The molecule has 0 spiro atoms. The zero-order valence-electron chi connectivity index (χ0n) is 11.8. The van der Waals surface area contributed by atoms with E-state index in [-0.39, 0.29) is 0 Å².